The third kappa shape index (κ3) is 5.91. The fourth-order valence-corrected chi connectivity index (χ4v) is 1.88. The van der Waals surface area contributed by atoms with Crippen LogP contribution in [0.4, 0.5) is 0 Å². The van der Waals surface area contributed by atoms with E-state index in [-0.39, 0.29) is 42.7 Å². The van der Waals surface area contributed by atoms with Crippen molar-refractivity contribution in [2.45, 2.75) is 38.8 Å². The minimum absolute atomic E-state index is 0. The molecule has 1 heterocycles. The number of hydrogen-bond donors (Lipinski definition) is 2. The summed E-state index contributed by atoms with van der Waals surface area (Å²) >= 11 is 0. The summed E-state index contributed by atoms with van der Waals surface area (Å²) in [6.45, 7) is 5.80. The van der Waals surface area contributed by atoms with E-state index in [2.05, 4.69) is 17.3 Å². The normalized spacial score (nSPS) is 21.6. The number of hydrogen-bond acceptors (Lipinski definition) is 3. The third-order valence-corrected chi connectivity index (χ3v) is 3.20. The average molecular weight is 286 g/mol. The molecule has 1 amide bonds. The van der Waals surface area contributed by atoms with Crippen LogP contribution in [-0.4, -0.2) is 43.0 Å². The van der Waals surface area contributed by atoms with E-state index in [0.29, 0.717) is 6.04 Å². The van der Waals surface area contributed by atoms with Gasteiger partial charge >= 0.3 is 0 Å². The van der Waals surface area contributed by atoms with Crippen LogP contribution in [0, 0.1) is 5.92 Å². The van der Waals surface area contributed by atoms with Crippen LogP contribution in [0.5, 0.6) is 0 Å². The van der Waals surface area contributed by atoms with E-state index >= 15 is 0 Å². The van der Waals surface area contributed by atoms with Crippen LogP contribution >= 0.6 is 24.8 Å². The van der Waals surface area contributed by atoms with Crippen molar-refractivity contribution in [1.82, 2.24) is 10.2 Å². The number of carbonyl (C=O) groups excluding carboxylic acids is 1. The topological polar surface area (TPSA) is 58.4 Å². The van der Waals surface area contributed by atoms with E-state index in [0.717, 1.165) is 13.1 Å². The second kappa shape index (κ2) is 8.97. The molecule has 1 aliphatic rings. The van der Waals surface area contributed by atoms with Crippen molar-refractivity contribution in [3.05, 3.63) is 0 Å². The van der Waals surface area contributed by atoms with Gasteiger partial charge in [0.05, 0.1) is 6.04 Å². The summed E-state index contributed by atoms with van der Waals surface area (Å²) in [7, 11) is 2.10. The molecule has 17 heavy (non-hydrogen) atoms. The van der Waals surface area contributed by atoms with E-state index in [1.165, 1.54) is 12.8 Å². The van der Waals surface area contributed by atoms with Crippen molar-refractivity contribution >= 4 is 30.7 Å². The van der Waals surface area contributed by atoms with Crippen molar-refractivity contribution in [3.8, 4) is 0 Å². The molecule has 1 unspecified atom stereocenters. The van der Waals surface area contributed by atoms with Crippen LogP contribution in [-0.2, 0) is 4.79 Å². The lowest BCUT2D eigenvalue weighted by Crippen LogP contribution is -2.47. The number of likely N-dealkylation sites (N-methyl/N-ethyl adjacent to an activating group) is 1. The highest BCUT2D eigenvalue weighted by Crippen LogP contribution is 2.13. The van der Waals surface area contributed by atoms with Crippen LogP contribution in [0.2, 0.25) is 0 Å². The Kier molecular flexibility index (Phi) is 10.2. The second-order valence-corrected chi connectivity index (χ2v) is 4.79. The Balaban J connectivity index is 0. The van der Waals surface area contributed by atoms with Crippen molar-refractivity contribution in [1.29, 1.82) is 0 Å². The van der Waals surface area contributed by atoms with Crippen LogP contribution in [0.25, 0.3) is 0 Å². The highest BCUT2D eigenvalue weighted by Gasteiger charge is 2.23. The van der Waals surface area contributed by atoms with Crippen molar-refractivity contribution in [3.63, 3.8) is 0 Å². The number of halogens is 2. The first kappa shape index (κ1) is 19.3. The van der Waals surface area contributed by atoms with E-state index in [1.54, 1.807) is 0 Å². The third-order valence-electron chi connectivity index (χ3n) is 3.20. The molecule has 0 spiro atoms. The van der Waals surface area contributed by atoms with Gasteiger partial charge in [0.1, 0.15) is 0 Å². The summed E-state index contributed by atoms with van der Waals surface area (Å²) in [4.78, 5) is 13.9. The van der Waals surface area contributed by atoms with Crippen LogP contribution < -0.4 is 11.1 Å². The Morgan fingerprint density at radius 3 is 2.47 bits per heavy atom. The lowest BCUT2D eigenvalue weighted by atomic mass is 10.0. The highest BCUT2D eigenvalue weighted by molar-refractivity contribution is 5.85. The first-order valence-electron chi connectivity index (χ1n) is 5.76. The fourth-order valence-electron chi connectivity index (χ4n) is 1.88. The van der Waals surface area contributed by atoms with E-state index in [1.807, 2.05) is 13.8 Å². The van der Waals surface area contributed by atoms with Crippen molar-refractivity contribution in [2.75, 3.05) is 20.1 Å². The molecule has 0 aromatic heterocycles. The Bertz CT molecular complexity index is 227. The first-order valence-corrected chi connectivity index (χ1v) is 5.76. The molecule has 104 valence electrons. The number of nitrogens with two attached hydrogens (primary N) is 1. The zero-order valence-corrected chi connectivity index (χ0v) is 12.4. The molecule has 2 atom stereocenters. The molecule has 6 heteroatoms. The predicted octanol–water partition coefficient (Wildman–Crippen LogP) is 1.02. The van der Waals surface area contributed by atoms with Gasteiger partial charge in [0.15, 0.2) is 0 Å². The first-order chi connectivity index (χ1) is 7.02. The Hall–Kier alpha value is -0.0300. The van der Waals surface area contributed by atoms with Crippen molar-refractivity contribution in [2.24, 2.45) is 11.7 Å². The molecule has 1 saturated heterocycles. The molecule has 1 fully saturated rings. The van der Waals surface area contributed by atoms with Gasteiger partial charge in [-0.05, 0) is 32.4 Å². The summed E-state index contributed by atoms with van der Waals surface area (Å²) in [6, 6.07) is 0.116. The van der Waals surface area contributed by atoms with Crippen LogP contribution in [0.3, 0.4) is 0 Å². The molecule has 0 aromatic rings. The monoisotopic (exact) mass is 285 g/mol. The summed E-state index contributed by atoms with van der Waals surface area (Å²) in [5.74, 6) is 0.177. The molecular weight excluding hydrogens is 261 g/mol. The average Bonchev–Trinajstić information content (AvgIpc) is 2.59. The molecular formula is C11H25Cl2N3O. The number of rotatable bonds is 4. The van der Waals surface area contributed by atoms with E-state index < -0.39 is 0 Å². The van der Waals surface area contributed by atoms with Crippen LogP contribution in [0.15, 0.2) is 0 Å². The number of nitrogens with one attached hydrogen (secondary N) is 1. The van der Waals surface area contributed by atoms with Gasteiger partial charge in [-0.2, -0.15) is 0 Å². The van der Waals surface area contributed by atoms with Gasteiger partial charge < -0.3 is 16.0 Å². The minimum atomic E-state index is -0.378. The number of carbonyl (C=O) groups is 1. The number of nitrogens with zero attached hydrogens (tertiary/aromatic N) is 1. The summed E-state index contributed by atoms with van der Waals surface area (Å²) < 4.78 is 0. The lowest BCUT2D eigenvalue weighted by molar-refractivity contribution is -0.123. The maximum absolute atomic E-state index is 11.6. The summed E-state index contributed by atoms with van der Waals surface area (Å²) in [5.41, 5.74) is 5.75. The molecule has 0 saturated carbocycles. The molecule has 0 radical (unpaired) electrons. The minimum Gasteiger partial charge on any atom is -0.353 e. The number of amides is 1. The molecule has 0 bridgehead atoms. The highest BCUT2D eigenvalue weighted by atomic mass is 35.5. The second-order valence-electron chi connectivity index (χ2n) is 4.79. The summed E-state index contributed by atoms with van der Waals surface area (Å²) in [5, 5.41) is 2.93. The van der Waals surface area contributed by atoms with Gasteiger partial charge in [-0.25, -0.2) is 0 Å². The fraction of sp³-hybridized carbons (Fsp3) is 0.909. The zero-order valence-electron chi connectivity index (χ0n) is 10.8. The lowest BCUT2D eigenvalue weighted by Gasteiger charge is -2.21. The van der Waals surface area contributed by atoms with Gasteiger partial charge in [-0.3, -0.25) is 4.79 Å². The van der Waals surface area contributed by atoms with Gasteiger partial charge in [0, 0.05) is 12.6 Å². The van der Waals surface area contributed by atoms with Gasteiger partial charge in [-0.15, -0.1) is 24.8 Å². The SMILES string of the molecule is CC(C)[C@@H](N)C(=O)NCC1CCCN1C.Cl.Cl. The van der Waals surface area contributed by atoms with Crippen LogP contribution in [0.1, 0.15) is 26.7 Å². The maximum Gasteiger partial charge on any atom is 0.237 e. The van der Waals surface area contributed by atoms with Gasteiger partial charge in [0.25, 0.3) is 0 Å². The Labute approximate surface area is 117 Å². The van der Waals surface area contributed by atoms with Gasteiger partial charge in [-0.1, -0.05) is 13.8 Å². The van der Waals surface area contributed by atoms with E-state index in [9.17, 15) is 4.79 Å². The zero-order chi connectivity index (χ0) is 11.4. The standard InChI is InChI=1S/C11H23N3O.2ClH/c1-8(2)10(12)11(15)13-7-9-5-4-6-14(9)3;;/h8-10H,4-7,12H2,1-3H3,(H,13,15);2*1H/t9?,10-;;/m1../s1. The van der Waals surface area contributed by atoms with E-state index in [4.69, 9.17) is 5.73 Å². The maximum atomic E-state index is 11.6. The molecule has 4 nitrogen and oxygen atoms in total. The molecule has 1 aliphatic heterocycles. The molecule has 0 aromatic carbocycles. The smallest absolute Gasteiger partial charge is 0.237 e. The summed E-state index contributed by atoms with van der Waals surface area (Å²) in [6.07, 6.45) is 2.40. The molecule has 1 rings (SSSR count). The predicted molar refractivity (Wildman–Crippen MR) is 76.0 cm³/mol. The van der Waals surface area contributed by atoms with Crippen molar-refractivity contribution < 1.29 is 4.79 Å². The van der Waals surface area contributed by atoms with Gasteiger partial charge in [0.2, 0.25) is 5.91 Å². The number of likely N-dealkylation sites (tertiary alicyclic amines) is 1. The largest absolute Gasteiger partial charge is 0.353 e. The molecule has 3 N–H and O–H groups in total. The Morgan fingerprint density at radius 1 is 1.47 bits per heavy atom. The quantitative estimate of drug-likeness (QED) is 0.811. The molecule has 0 aliphatic carbocycles. The Morgan fingerprint density at radius 2 is 2.06 bits per heavy atom.